The lowest BCUT2D eigenvalue weighted by Crippen LogP contribution is -2.50. The number of hydrogen-bond donors (Lipinski definition) is 2. The average molecular weight is 530 g/mol. The van der Waals surface area contributed by atoms with Gasteiger partial charge < -0.3 is 30.1 Å². The van der Waals surface area contributed by atoms with Crippen LogP contribution in [0.4, 0.5) is 21.9 Å². The van der Waals surface area contributed by atoms with E-state index in [2.05, 4.69) is 15.5 Å². The largest absolute Gasteiger partial charge is 0.497 e. The Morgan fingerprint density at radius 1 is 0.821 bits per heavy atom. The zero-order valence-corrected chi connectivity index (χ0v) is 22.6. The van der Waals surface area contributed by atoms with E-state index in [4.69, 9.17) is 4.74 Å². The van der Waals surface area contributed by atoms with Gasteiger partial charge in [-0.1, -0.05) is 18.2 Å². The van der Waals surface area contributed by atoms with E-state index in [0.717, 1.165) is 17.1 Å². The number of ether oxygens (including phenoxy) is 1. The fourth-order valence-corrected chi connectivity index (χ4v) is 4.39. The lowest BCUT2D eigenvalue weighted by Gasteiger charge is -2.36. The minimum atomic E-state index is -0.253. The van der Waals surface area contributed by atoms with E-state index < -0.39 is 0 Å². The van der Waals surface area contributed by atoms with Gasteiger partial charge in [0.25, 0.3) is 5.91 Å². The van der Waals surface area contributed by atoms with Crippen LogP contribution in [0.15, 0.2) is 78.9 Å². The van der Waals surface area contributed by atoms with Gasteiger partial charge in [-0.05, 0) is 74.5 Å². The van der Waals surface area contributed by atoms with Crippen LogP contribution in [0, 0.1) is 0 Å². The number of hydrogen-bond acceptors (Lipinski definition) is 5. The highest BCUT2D eigenvalue weighted by molar-refractivity contribution is 5.99. The Morgan fingerprint density at radius 2 is 1.41 bits per heavy atom. The average Bonchev–Trinajstić information content (AvgIpc) is 2.97. The summed E-state index contributed by atoms with van der Waals surface area (Å²) in [5, 5.41) is 5.82. The van der Waals surface area contributed by atoms with E-state index in [1.54, 1.807) is 29.0 Å². The summed E-state index contributed by atoms with van der Waals surface area (Å²) >= 11 is 0. The number of nitrogens with one attached hydrogen (secondary N) is 2. The van der Waals surface area contributed by atoms with E-state index in [1.165, 1.54) is 0 Å². The van der Waals surface area contributed by atoms with E-state index >= 15 is 0 Å². The molecule has 0 radical (unpaired) electrons. The lowest BCUT2D eigenvalue weighted by molar-refractivity contribution is -0.117. The van der Waals surface area contributed by atoms with Crippen LogP contribution in [-0.2, 0) is 4.79 Å². The van der Waals surface area contributed by atoms with E-state index in [9.17, 15) is 14.4 Å². The molecule has 1 aliphatic rings. The zero-order chi connectivity index (χ0) is 27.8. The maximum Gasteiger partial charge on any atom is 0.321 e. The minimum Gasteiger partial charge on any atom is -0.497 e. The van der Waals surface area contributed by atoms with Crippen molar-refractivity contribution in [2.45, 2.75) is 19.9 Å². The van der Waals surface area contributed by atoms with Gasteiger partial charge in [-0.3, -0.25) is 9.59 Å². The molecule has 1 aliphatic heterocycles. The summed E-state index contributed by atoms with van der Waals surface area (Å²) in [6.45, 7) is 6.35. The molecule has 1 fully saturated rings. The van der Waals surface area contributed by atoms with E-state index in [-0.39, 0.29) is 30.4 Å². The molecule has 2 N–H and O–H groups in total. The van der Waals surface area contributed by atoms with Gasteiger partial charge in [-0.25, -0.2) is 4.79 Å². The molecule has 0 atom stereocenters. The first-order valence-electron chi connectivity index (χ1n) is 13.0. The van der Waals surface area contributed by atoms with Crippen molar-refractivity contribution in [3.63, 3.8) is 0 Å². The minimum absolute atomic E-state index is 0.0340. The van der Waals surface area contributed by atoms with Gasteiger partial charge in [0.05, 0.1) is 7.11 Å². The van der Waals surface area contributed by atoms with Crippen molar-refractivity contribution in [1.82, 2.24) is 9.80 Å². The summed E-state index contributed by atoms with van der Waals surface area (Å²) in [5.41, 5.74) is 2.96. The highest BCUT2D eigenvalue weighted by Gasteiger charge is 2.23. The Morgan fingerprint density at radius 3 is 2.00 bits per heavy atom. The third-order valence-electron chi connectivity index (χ3n) is 6.64. The van der Waals surface area contributed by atoms with Gasteiger partial charge in [-0.2, -0.15) is 0 Å². The fourth-order valence-electron chi connectivity index (χ4n) is 4.39. The van der Waals surface area contributed by atoms with Crippen molar-refractivity contribution in [2.75, 3.05) is 55.4 Å². The van der Waals surface area contributed by atoms with Crippen LogP contribution in [0.5, 0.6) is 5.75 Å². The van der Waals surface area contributed by atoms with Crippen LogP contribution < -0.4 is 20.3 Å². The zero-order valence-electron chi connectivity index (χ0n) is 22.6. The molecule has 4 rings (SSSR count). The lowest BCUT2D eigenvalue weighted by atomic mass is 10.1. The molecule has 0 bridgehead atoms. The summed E-state index contributed by atoms with van der Waals surface area (Å²) in [5.74, 6) is 0.313. The molecule has 1 heterocycles. The molecule has 3 aromatic carbocycles. The molecule has 9 nitrogen and oxygen atoms in total. The number of piperazine rings is 1. The molecular weight excluding hydrogens is 494 g/mol. The summed E-state index contributed by atoms with van der Waals surface area (Å²) in [6.07, 6.45) is 0. The van der Waals surface area contributed by atoms with Gasteiger partial charge >= 0.3 is 6.03 Å². The SMILES string of the molecule is COc1ccc(NC(=O)N2CCN(c3ccc(NC(=O)CN(C(=O)c4ccccc4)C(C)C)cc3)CC2)cc1. The van der Waals surface area contributed by atoms with Crippen LogP contribution in [-0.4, -0.2) is 73.5 Å². The van der Waals surface area contributed by atoms with E-state index in [1.807, 2.05) is 80.6 Å². The number of carbonyl (C=O) groups is 3. The molecule has 1 saturated heterocycles. The molecule has 9 heteroatoms. The van der Waals surface area contributed by atoms with Crippen LogP contribution in [0.3, 0.4) is 0 Å². The highest BCUT2D eigenvalue weighted by atomic mass is 16.5. The van der Waals surface area contributed by atoms with E-state index in [0.29, 0.717) is 37.4 Å². The van der Waals surface area contributed by atoms with Crippen molar-refractivity contribution in [3.05, 3.63) is 84.4 Å². The van der Waals surface area contributed by atoms with Crippen LogP contribution >= 0.6 is 0 Å². The first-order chi connectivity index (χ1) is 18.8. The first-order valence-corrected chi connectivity index (χ1v) is 13.0. The number of methoxy groups -OCH3 is 1. The topological polar surface area (TPSA) is 94.2 Å². The second kappa shape index (κ2) is 12.8. The smallest absolute Gasteiger partial charge is 0.321 e. The number of amides is 4. The monoisotopic (exact) mass is 529 g/mol. The summed E-state index contributed by atoms with van der Waals surface area (Å²) < 4.78 is 5.15. The predicted molar refractivity (Wildman–Crippen MR) is 153 cm³/mol. The maximum absolute atomic E-state index is 12.9. The third-order valence-corrected chi connectivity index (χ3v) is 6.64. The number of benzene rings is 3. The summed E-state index contributed by atoms with van der Waals surface area (Å²) in [4.78, 5) is 43.9. The molecule has 0 aliphatic carbocycles. The Balaban J connectivity index is 1.26. The number of rotatable bonds is 8. The third kappa shape index (κ3) is 7.28. The maximum atomic E-state index is 12.9. The molecule has 0 spiro atoms. The number of carbonyl (C=O) groups excluding carboxylic acids is 3. The molecular formula is C30H35N5O4. The van der Waals surface area contributed by atoms with Crippen LogP contribution in [0.2, 0.25) is 0 Å². The van der Waals surface area contributed by atoms with Crippen LogP contribution in [0.25, 0.3) is 0 Å². The normalized spacial score (nSPS) is 13.1. The molecule has 0 aromatic heterocycles. The molecule has 39 heavy (non-hydrogen) atoms. The van der Waals surface area contributed by atoms with Crippen molar-refractivity contribution >= 4 is 34.9 Å². The number of anilines is 3. The molecule has 0 unspecified atom stereocenters. The second-order valence-corrected chi connectivity index (χ2v) is 9.62. The summed E-state index contributed by atoms with van der Waals surface area (Å²) in [6, 6.07) is 23.6. The molecule has 0 saturated carbocycles. The van der Waals surface area contributed by atoms with Crippen molar-refractivity contribution < 1.29 is 19.1 Å². The molecule has 3 aromatic rings. The van der Waals surface area contributed by atoms with Crippen molar-refractivity contribution in [2.24, 2.45) is 0 Å². The first kappa shape index (κ1) is 27.5. The Labute approximate surface area is 229 Å². The summed E-state index contributed by atoms with van der Waals surface area (Å²) in [7, 11) is 1.61. The Kier molecular flexibility index (Phi) is 9.04. The van der Waals surface area contributed by atoms with Gasteiger partial charge in [0.2, 0.25) is 5.91 Å². The molecule has 204 valence electrons. The van der Waals surface area contributed by atoms with Crippen molar-refractivity contribution in [1.29, 1.82) is 0 Å². The fraction of sp³-hybridized carbons (Fsp3) is 0.300. The van der Waals surface area contributed by atoms with Gasteiger partial charge in [0.15, 0.2) is 0 Å². The number of nitrogens with zero attached hydrogens (tertiary/aromatic N) is 3. The standard InChI is InChI=1S/C30H35N5O4/c1-22(2)35(29(37)23-7-5-4-6-8-23)21-28(36)31-24-9-13-26(14-10-24)33-17-19-34(20-18-33)30(38)32-25-11-15-27(39-3)16-12-25/h4-16,22H,17-21H2,1-3H3,(H,31,36)(H,32,38). The van der Waals surface area contributed by atoms with Gasteiger partial charge in [-0.15, -0.1) is 0 Å². The number of urea groups is 1. The van der Waals surface area contributed by atoms with Crippen molar-refractivity contribution in [3.8, 4) is 5.75 Å². The second-order valence-electron chi connectivity index (χ2n) is 9.62. The molecule has 4 amide bonds. The highest BCUT2D eigenvalue weighted by Crippen LogP contribution is 2.21. The predicted octanol–water partition coefficient (Wildman–Crippen LogP) is 4.54. The van der Waals surface area contributed by atoms with Gasteiger partial charge in [0.1, 0.15) is 12.3 Å². The van der Waals surface area contributed by atoms with Gasteiger partial charge in [0, 0.05) is 54.8 Å². The van der Waals surface area contributed by atoms with Crippen LogP contribution in [0.1, 0.15) is 24.2 Å². The quantitative estimate of drug-likeness (QED) is 0.447. The Bertz CT molecular complexity index is 1250. The Hall–Kier alpha value is -4.53.